The molecule has 1 aliphatic rings. The fourth-order valence-electron chi connectivity index (χ4n) is 2.81. The van der Waals surface area contributed by atoms with Gasteiger partial charge in [-0.3, -0.25) is 0 Å². The zero-order valence-corrected chi connectivity index (χ0v) is 13.4. The second kappa shape index (κ2) is 7.40. The summed E-state index contributed by atoms with van der Waals surface area (Å²) in [7, 11) is 2.08. The minimum absolute atomic E-state index is 0.216. The van der Waals surface area contributed by atoms with Gasteiger partial charge in [-0.1, -0.05) is 60.7 Å². The molecule has 2 aromatic carbocycles. The molecule has 0 radical (unpaired) electrons. The first-order valence-corrected chi connectivity index (χ1v) is 7.99. The number of piperazine rings is 1. The van der Waals surface area contributed by atoms with Gasteiger partial charge in [0.15, 0.2) is 0 Å². The molecule has 0 amide bonds. The molecule has 1 heterocycles. The van der Waals surface area contributed by atoms with Crippen LogP contribution >= 0.6 is 0 Å². The summed E-state index contributed by atoms with van der Waals surface area (Å²) in [4.78, 5) is 20.7. The Morgan fingerprint density at radius 2 is 1.35 bits per heavy atom. The first-order chi connectivity index (χ1) is 11.2. The molecular formula is C19H22N2O2. The maximum atomic E-state index is 12.8. The van der Waals surface area contributed by atoms with Crippen LogP contribution < -0.4 is 0 Å². The van der Waals surface area contributed by atoms with Gasteiger partial charge in [-0.25, -0.2) is 4.79 Å². The molecule has 4 heteroatoms. The van der Waals surface area contributed by atoms with E-state index in [4.69, 9.17) is 4.84 Å². The summed E-state index contributed by atoms with van der Waals surface area (Å²) in [6.45, 7) is 3.32. The van der Waals surface area contributed by atoms with E-state index in [1.807, 2.05) is 60.7 Å². The predicted molar refractivity (Wildman–Crippen MR) is 89.9 cm³/mol. The molecule has 0 saturated carbocycles. The van der Waals surface area contributed by atoms with Crippen molar-refractivity contribution in [3.8, 4) is 0 Å². The Morgan fingerprint density at radius 1 is 0.870 bits per heavy atom. The molecule has 1 fully saturated rings. The van der Waals surface area contributed by atoms with E-state index >= 15 is 0 Å². The Labute approximate surface area is 137 Å². The number of carbonyl (C=O) groups excluding carboxylic acids is 1. The number of benzene rings is 2. The molecule has 4 nitrogen and oxygen atoms in total. The molecule has 0 N–H and O–H groups in total. The van der Waals surface area contributed by atoms with Crippen LogP contribution in [0.15, 0.2) is 60.7 Å². The average Bonchev–Trinajstić information content (AvgIpc) is 2.59. The molecule has 1 saturated heterocycles. The molecule has 0 aromatic heterocycles. The van der Waals surface area contributed by atoms with Gasteiger partial charge in [0.2, 0.25) is 0 Å². The van der Waals surface area contributed by atoms with Crippen LogP contribution in [0.25, 0.3) is 0 Å². The van der Waals surface area contributed by atoms with Crippen molar-refractivity contribution < 1.29 is 9.63 Å². The molecule has 2 aromatic rings. The first kappa shape index (κ1) is 15.7. The molecule has 120 valence electrons. The number of rotatable bonds is 4. The van der Waals surface area contributed by atoms with Gasteiger partial charge in [0.05, 0.1) is 0 Å². The third-order valence-electron chi connectivity index (χ3n) is 4.18. The summed E-state index contributed by atoms with van der Waals surface area (Å²) < 4.78 is 0. The average molecular weight is 310 g/mol. The van der Waals surface area contributed by atoms with E-state index in [-0.39, 0.29) is 5.97 Å². The van der Waals surface area contributed by atoms with Crippen LogP contribution in [0.3, 0.4) is 0 Å². The van der Waals surface area contributed by atoms with Gasteiger partial charge in [0, 0.05) is 26.2 Å². The largest absolute Gasteiger partial charge is 0.367 e. The Bertz CT molecular complexity index is 583. The molecule has 0 atom stereocenters. The number of carbonyl (C=O) groups is 1. The Balaban J connectivity index is 1.79. The molecular weight excluding hydrogens is 288 g/mol. The van der Waals surface area contributed by atoms with Crippen molar-refractivity contribution in [1.82, 2.24) is 9.96 Å². The number of likely N-dealkylation sites (N-methyl/N-ethyl adjacent to an activating group) is 1. The highest BCUT2D eigenvalue weighted by Crippen LogP contribution is 2.26. The molecule has 0 bridgehead atoms. The summed E-state index contributed by atoms with van der Waals surface area (Å²) in [5, 5.41) is 1.78. The van der Waals surface area contributed by atoms with Gasteiger partial charge >= 0.3 is 5.97 Å². The van der Waals surface area contributed by atoms with Gasteiger partial charge in [-0.05, 0) is 18.2 Å². The Morgan fingerprint density at radius 3 is 1.83 bits per heavy atom. The Kier molecular flexibility index (Phi) is 5.05. The highest BCUT2D eigenvalue weighted by Gasteiger charge is 2.27. The lowest BCUT2D eigenvalue weighted by atomic mass is 9.91. The lowest BCUT2D eigenvalue weighted by Crippen LogP contribution is -2.45. The summed E-state index contributed by atoms with van der Waals surface area (Å²) in [5.74, 6) is -0.607. The van der Waals surface area contributed by atoms with E-state index in [1.54, 1.807) is 5.06 Å². The van der Waals surface area contributed by atoms with Gasteiger partial charge in [-0.15, -0.1) is 5.06 Å². The van der Waals surface area contributed by atoms with E-state index in [0.29, 0.717) is 0 Å². The van der Waals surface area contributed by atoms with E-state index < -0.39 is 5.92 Å². The van der Waals surface area contributed by atoms with Gasteiger partial charge in [0.1, 0.15) is 5.92 Å². The van der Waals surface area contributed by atoms with Crippen molar-refractivity contribution in [3.63, 3.8) is 0 Å². The molecule has 0 spiro atoms. The van der Waals surface area contributed by atoms with Crippen LogP contribution in [0.2, 0.25) is 0 Å². The lowest BCUT2D eigenvalue weighted by Gasteiger charge is -2.31. The standard InChI is InChI=1S/C19H22N2O2/c1-20-12-14-21(15-13-20)23-19(22)18(16-8-4-2-5-9-16)17-10-6-3-7-11-17/h2-11,18H,12-15H2,1H3. The number of hydrogen-bond donors (Lipinski definition) is 0. The summed E-state index contributed by atoms with van der Waals surface area (Å²) in [6.07, 6.45) is 0. The van der Waals surface area contributed by atoms with E-state index in [0.717, 1.165) is 37.3 Å². The van der Waals surface area contributed by atoms with Crippen molar-refractivity contribution in [1.29, 1.82) is 0 Å². The van der Waals surface area contributed by atoms with Crippen molar-refractivity contribution in [2.24, 2.45) is 0 Å². The van der Waals surface area contributed by atoms with Crippen LogP contribution in [0.1, 0.15) is 17.0 Å². The predicted octanol–water partition coefficient (Wildman–Crippen LogP) is 2.52. The summed E-state index contributed by atoms with van der Waals surface area (Å²) in [6, 6.07) is 19.6. The monoisotopic (exact) mass is 310 g/mol. The second-order valence-corrected chi connectivity index (χ2v) is 5.90. The van der Waals surface area contributed by atoms with Gasteiger partial charge < -0.3 is 9.74 Å². The van der Waals surface area contributed by atoms with E-state index in [2.05, 4.69) is 11.9 Å². The lowest BCUT2D eigenvalue weighted by molar-refractivity contribution is -0.197. The normalized spacial score (nSPS) is 16.4. The third kappa shape index (κ3) is 3.97. The van der Waals surface area contributed by atoms with E-state index in [9.17, 15) is 4.79 Å². The zero-order valence-electron chi connectivity index (χ0n) is 13.4. The fraction of sp³-hybridized carbons (Fsp3) is 0.316. The second-order valence-electron chi connectivity index (χ2n) is 5.90. The topological polar surface area (TPSA) is 32.8 Å². The van der Waals surface area contributed by atoms with Crippen LogP contribution in [0, 0.1) is 0 Å². The van der Waals surface area contributed by atoms with E-state index in [1.165, 1.54) is 0 Å². The minimum atomic E-state index is -0.392. The zero-order chi connectivity index (χ0) is 16.1. The third-order valence-corrected chi connectivity index (χ3v) is 4.18. The van der Waals surface area contributed by atoms with Crippen molar-refractivity contribution in [2.75, 3.05) is 33.2 Å². The van der Waals surface area contributed by atoms with Crippen molar-refractivity contribution in [2.45, 2.75) is 5.92 Å². The number of hydrogen-bond acceptors (Lipinski definition) is 4. The van der Waals surface area contributed by atoms with Crippen molar-refractivity contribution in [3.05, 3.63) is 71.8 Å². The van der Waals surface area contributed by atoms with Crippen LogP contribution in [-0.4, -0.2) is 49.2 Å². The highest BCUT2D eigenvalue weighted by atomic mass is 16.7. The maximum Gasteiger partial charge on any atom is 0.336 e. The fourth-order valence-corrected chi connectivity index (χ4v) is 2.81. The van der Waals surface area contributed by atoms with Crippen molar-refractivity contribution >= 4 is 5.97 Å². The van der Waals surface area contributed by atoms with Crippen LogP contribution in [-0.2, 0) is 9.63 Å². The minimum Gasteiger partial charge on any atom is -0.367 e. The molecule has 0 unspecified atom stereocenters. The number of nitrogens with zero attached hydrogens (tertiary/aromatic N) is 2. The Hall–Kier alpha value is -2.17. The van der Waals surface area contributed by atoms with Crippen LogP contribution in [0.5, 0.6) is 0 Å². The molecule has 3 rings (SSSR count). The maximum absolute atomic E-state index is 12.8. The smallest absolute Gasteiger partial charge is 0.336 e. The quantitative estimate of drug-likeness (QED) is 0.869. The summed E-state index contributed by atoms with van der Waals surface area (Å²) >= 11 is 0. The first-order valence-electron chi connectivity index (χ1n) is 7.99. The number of hydroxylamine groups is 2. The highest BCUT2D eigenvalue weighted by molar-refractivity contribution is 5.82. The molecule has 23 heavy (non-hydrogen) atoms. The van der Waals surface area contributed by atoms with Gasteiger partial charge in [0.25, 0.3) is 0 Å². The van der Waals surface area contributed by atoms with Gasteiger partial charge in [-0.2, -0.15) is 0 Å². The molecule has 1 aliphatic heterocycles. The molecule has 0 aliphatic carbocycles. The summed E-state index contributed by atoms with van der Waals surface area (Å²) in [5.41, 5.74) is 1.91. The van der Waals surface area contributed by atoms with Crippen LogP contribution in [0.4, 0.5) is 0 Å². The SMILES string of the molecule is CN1CCN(OC(=O)C(c2ccccc2)c2ccccc2)CC1.